The third-order valence-electron chi connectivity index (χ3n) is 4.83. The zero-order valence-electron chi connectivity index (χ0n) is 14.9. The molecule has 1 atom stereocenters. The van der Waals surface area contributed by atoms with Gasteiger partial charge >= 0.3 is 12.1 Å². The fourth-order valence-corrected chi connectivity index (χ4v) is 3.53. The van der Waals surface area contributed by atoms with Crippen LogP contribution in [0.25, 0.3) is 11.1 Å². The van der Waals surface area contributed by atoms with Crippen molar-refractivity contribution in [3.8, 4) is 11.1 Å². The molecule has 0 fully saturated rings. The minimum Gasteiger partial charge on any atom is -0.480 e. The molecule has 1 amide bonds. The lowest BCUT2D eigenvalue weighted by Gasteiger charge is -2.17. The summed E-state index contributed by atoms with van der Waals surface area (Å²) in [6.45, 7) is 0.121. The Morgan fingerprint density at radius 3 is 2.32 bits per heavy atom. The largest absolute Gasteiger partial charge is 0.480 e. The summed E-state index contributed by atoms with van der Waals surface area (Å²) >= 11 is 0. The Morgan fingerprint density at radius 1 is 1.11 bits per heavy atom. The molecule has 0 bridgehead atoms. The van der Waals surface area contributed by atoms with Gasteiger partial charge in [0.15, 0.2) is 6.39 Å². The minimum atomic E-state index is -1.17. The van der Waals surface area contributed by atoms with Gasteiger partial charge in [-0.1, -0.05) is 48.5 Å². The molecule has 28 heavy (non-hydrogen) atoms. The van der Waals surface area contributed by atoms with Crippen LogP contribution in [0.1, 0.15) is 22.7 Å². The number of rotatable bonds is 6. The molecule has 7 heteroatoms. The van der Waals surface area contributed by atoms with Gasteiger partial charge in [0.2, 0.25) is 0 Å². The van der Waals surface area contributed by atoms with Crippen molar-refractivity contribution in [1.29, 1.82) is 0 Å². The molecule has 142 valence electrons. The van der Waals surface area contributed by atoms with E-state index in [1.807, 2.05) is 48.5 Å². The first kappa shape index (κ1) is 17.8. The van der Waals surface area contributed by atoms with Crippen LogP contribution >= 0.6 is 0 Å². The standard InChI is InChI=1S/C21H18N2O5/c24-20(25)19(9-13-10-27-12-22-13)23-21(26)28-11-18-16-7-3-1-5-14(16)15-6-2-4-8-17(15)18/h1-8,10,12,18-19H,9,11H2,(H,23,26)(H,24,25). The molecule has 2 N–H and O–H groups in total. The lowest BCUT2D eigenvalue weighted by atomic mass is 9.98. The highest BCUT2D eigenvalue weighted by Gasteiger charge is 2.29. The number of hydrogen-bond acceptors (Lipinski definition) is 5. The minimum absolute atomic E-state index is 0.00995. The molecule has 3 aromatic rings. The van der Waals surface area contributed by atoms with Crippen molar-refractivity contribution in [2.24, 2.45) is 0 Å². The first-order valence-corrected chi connectivity index (χ1v) is 8.85. The quantitative estimate of drug-likeness (QED) is 0.683. The number of oxazole rings is 1. The molecule has 7 nitrogen and oxygen atoms in total. The van der Waals surface area contributed by atoms with E-state index in [-0.39, 0.29) is 18.9 Å². The molecular formula is C21H18N2O5. The molecule has 1 heterocycles. The number of aromatic nitrogens is 1. The van der Waals surface area contributed by atoms with Crippen LogP contribution in [0.5, 0.6) is 0 Å². The van der Waals surface area contributed by atoms with Crippen molar-refractivity contribution in [1.82, 2.24) is 10.3 Å². The molecule has 1 aromatic heterocycles. The van der Waals surface area contributed by atoms with Crippen LogP contribution in [0.2, 0.25) is 0 Å². The second-order valence-electron chi connectivity index (χ2n) is 6.54. The van der Waals surface area contributed by atoms with Crippen LogP contribution in [0, 0.1) is 0 Å². The van der Waals surface area contributed by atoms with Gasteiger partial charge in [-0.05, 0) is 22.3 Å². The summed E-state index contributed by atoms with van der Waals surface area (Å²) in [5.41, 5.74) is 4.87. The number of carbonyl (C=O) groups is 2. The maximum Gasteiger partial charge on any atom is 0.407 e. The Balaban J connectivity index is 1.44. The number of amides is 1. The predicted molar refractivity (Wildman–Crippen MR) is 99.8 cm³/mol. The van der Waals surface area contributed by atoms with E-state index >= 15 is 0 Å². The Bertz CT molecular complexity index is 954. The van der Waals surface area contributed by atoms with E-state index < -0.39 is 18.1 Å². The van der Waals surface area contributed by atoms with E-state index in [4.69, 9.17) is 9.15 Å². The number of carboxylic acid groups (broad SMARTS) is 1. The second-order valence-corrected chi connectivity index (χ2v) is 6.54. The fraction of sp³-hybridized carbons (Fsp3) is 0.190. The highest BCUT2D eigenvalue weighted by Crippen LogP contribution is 2.44. The van der Waals surface area contributed by atoms with Crippen molar-refractivity contribution < 1.29 is 23.8 Å². The Morgan fingerprint density at radius 2 is 1.75 bits per heavy atom. The number of carboxylic acids is 1. The summed E-state index contributed by atoms with van der Waals surface area (Å²) in [6, 6.07) is 14.9. The molecule has 0 spiro atoms. The number of nitrogens with one attached hydrogen (secondary N) is 1. The van der Waals surface area contributed by atoms with E-state index in [1.165, 1.54) is 12.7 Å². The van der Waals surface area contributed by atoms with Crippen LogP contribution in [-0.4, -0.2) is 34.8 Å². The van der Waals surface area contributed by atoms with Crippen LogP contribution in [0.4, 0.5) is 4.79 Å². The zero-order chi connectivity index (χ0) is 19.5. The average molecular weight is 378 g/mol. The third-order valence-corrected chi connectivity index (χ3v) is 4.83. The number of aliphatic carboxylic acids is 1. The molecule has 1 aliphatic rings. The van der Waals surface area contributed by atoms with Crippen LogP contribution in [-0.2, 0) is 16.0 Å². The SMILES string of the molecule is O=C(NC(Cc1cocn1)C(=O)O)OCC1c2ccccc2-c2ccccc21. The summed E-state index contributed by atoms with van der Waals surface area (Å²) < 4.78 is 10.2. The van der Waals surface area contributed by atoms with E-state index in [0.717, 1.165) is 22.3 Å². The van der Waals surface area contributed by atoms with E-state index in [9.17, 15) is 14.7 Å². The van der Waals surface area contributed by atoms with Crippen molar-refractivity contribution in [3.05, 3.63) is 78.0 Å². The van der Waals surface area contributed by atoms with E-state index in [0.29, 0.717) is 5.69 Å². The van der Waals surface area contributed by atoms with E-state index in [1.54, 1.807) is 0 Å². The molecule has 1 unspecified atom stereocenters. The number of carbonyl (C=O) groups excluding carboxylic acids is 1. The predicted octanol–water partition coefficient (Wildman–Crippen LogP) is 3.21. The zero-order valence-corrected chi connectivity index (χ0v) is 14.9. The Hall–Kier alpha value is -3.61. The molecule has 0 radical (unpaired) electrons. The molecule has 0 saturated carbocycles. The molecule has 4 rings (SSSR count). The van der Waals surface area contributed by atoms with Gasteiger partial charge in [-0.25, -0.2) is 14.6 Å². The summed E-state index contributed by atoms with van der Waals surface area (Å²) in [4.78, 5) is 27.5. The highest BCUT2D eigenvalue weighted by molar-refractivity contribution is 5.81. The highest BCUT2D eigenvalue weighted by atomic mass is 16.5. The Labute approximate surface area is 161 Å². The van der Waals surface area contributed by atoms with Crippen molar-refractivity contribution >= 4 is 12.1 Å². The van der Waals surface area contributed by atoms with Gasteiger partial charge in [-0.2, -0.15) is 0 Å². The van der Waals surface area contributed by atoms with Gasteiger partial charge in [-0.15, -0.1) is 0 Å². The molecule has 0 aliphatic heterocycles. The number of ether oxygens (including phenoxy) is 1. The molecule has 2 aromatic carbocycles. The number of benzene rings is 2. The summed E-state index contributed by atoms with van der Waals surface area (Å²) in [6.07, 6.45) is 1.78. The topological polar surface area (TPSA) is 102 Å². The monoisotopic (exact) mass is 378 g/mol. The van der Waals surface area contributed by atoms with Gasteiger partial charge in [0.25, 0.3) is 0 Å². The van der Waals surface area contributed by atoms with Gasteiger partial charge in [-0.3, -0.25) is 0 Å². The summed E-state index contributed by atoms with van der Waals surface area (Å²) in [5.74, 6) is -1.26. The average Bonchev–Trinajstić information content (AvgIpc) is 3.32. The van der Waals surface area contributed by atoms with Gasteiger partial charge in [0, 0.05) is 12.3 Å². The van der Waals surface area contributed by atoms with Crippen LogP contribution < -0.4 is 5.32 Å². The number of alkyl carbamates (subject to hydrolysis) is 1. The van der Waals surface area contributed by atoms with E-state index in [2.05, 4.69) is 10.3 Å². The number of fused-ring (bicyclic) bond motifs is 3. The van der Waals surface area contributed by atoms with Crippen LogP contribution in [0.3, 0.4) is 0 Å². The fourth-order valence-electron chi connectivity index (χ4n) is 3.53. The maximum atomic E-state index is 12.2. The van der Waals surface area contributed by atoms with Crippen LogP contribution in [0.15, 0.2) is 65.6 Å². The smallest absolute Gasteiger partial charge is 0.407 e. The van der Waals surface area contributed by atoms with Gasteiger partial charge < -0.3 is 19.6 Å². The normalized spacial score (nSPS) is 13.4. The lowest BCUT2D eigenvalue weighted by molar-refractivity contribution is -0.139. The van der Waals surface area contributed by atoms with Crippen molar-refractivity contribution in [2.45, 2.75) is 18.4 Å². The van der Waals surface area contributed by atoms with Crippen molar-refractivity contribution in [3.63, 3.8) is 0 Å². The molecule has 1 aliphatic carbocycles. The number of hydrogen-bond donors (Lipinski definition) is 2. The summed E-state index contributed by atoms with van der Waals surface area (Å²) in [5, 5.41) is 11.7. The van der Waals surface area contributed by atoms with Gasteiger partial charge in [0.05, 0.1) is 5.69 Å². The first-order chi connectivity index (χ1) is 13.6. The third kappa shape index (κ3) is 3.46. The van der Waals surface area contributed by atoms with Gasteiger partial charge in [0.1, 0.15) is 18.9 Å². The first-order valence-electron chi connectivity index (χ1n) is 8.85. The lowest BCUT2D eigenvalue weighted by Crippen LogP contribution is -2.43. The molecular weight excluding hydrogens is 360 g/mol. The van der Waals surface area contributed by atoms with Crippen molar-refractivity contribution in [2.75, 3.05) is 6.61 Å². The second kappa shape index (κ2) is 7.56. The maximum absolute atomic E-state index is 12.2. The molecule has 0 saturated heterocycles. The number of nitrogens with zero attached hydrogens (tertiary/aromatic N) is 1. The summed E-state index contributed by atoms with van der Waals surface area (Å²) in [7, 11) is 0. The Kier molecular flexibility index (Phi) is 4.80.